The number of nitrogens with one attached hydrogen (secondary N) is 1. The molecule has 23 heavy (non-hydrogen) atoms. The molecule has 0 unspecified atom stereocenters. The first-order chi connectivity index (χ1) is 10.9. The number of nitrogens with zero attached hydrogens (tertiary/aromatic N) is 1. The maximum atomic E-state index is 13.2. The summed E-state index contributed by atoms with van der Waals surface area (Å²) in [5.41, 5.74) is 1.60. The van der Waals surface area contributed by atoms with Gasteiger partial charge in [0.15, 0.2) is 0 Å². The van der Waals surface area contributed by atoms with Gasteiger partial charge in [0.2, 0.25) is 10.0 Å². The summed E-state index contributed by atoms with van der Waals surface area (Å²) in [5.74, 6) is -0.255. The molecule has 3 rings (SSSR count). The number of pyridine rings is 1. The van der Waals surface area contributed by atoms with Crippen LogP contribution in [0.3, 0.4) is 0 Å². The van der Waals surface area contributed by atoms with Crippen molar-refractivity contribution in [3.05, 3.63) is 58.6 Å². The molecule has 122 valence electrons. The van der Waals surface area contributed by atoms with E-state index in [-0.39, 0.29) is 21.9 Å². The van der Waals surface area contributed by atoms with E-state index in [1.54, 1.807) is 31.3 Å². The zero-order valence-corrected chi connectivity index (χ0v) is 14.0. The van der Waals surface area contributed by atoms with Crippen LogP contribution in [-0.2, 0) is 10.0 Å². The molecule has 0 bridgehead atoms. The van der Waals surface area contributed by atoms with Gasteiger partial charge in [0.05, 0.1) is 5.02 Å². The molecule has 1 N–H and O–H groups in total. The van der Waals surface area contributed by atoms with Gasteiger partial charge >= 0.3 is 0 Å². The molecule has 0 atom stereocenters. The summed E-state index contributed by atoms with van der Waals surface area (Å²) in [6.07, 6.45) is 4.25. The third kappa shape index (κ3) is 3.39. The van der Waals surface area contributed by atoms with Crippen molar-refractivity contribution in [1.82, 2.24) is 9.71 Å². The molecule has 0 radical (unpaired) electrons. The fraction of sp³-hybridized carbons (Fsp3) is 0.312. The lowest BCUT2D eigenvalue weighted by molar-refractivity contribution is 0.326. The molecule has 1 aliphatic rings. The molecule has 0 spiro atoms. The van der Waals surface area contributed by atoms with Gasteiger partial charge in [-0.15, -0.1) is 0 Å². The molecule has 1 aliphatic carbocycles. The van der Waals surface area contributed by atoms with E-state index < -0.39 is 15.8 Å². The van der Waals surface area contributed by atoms with E-state index in [2.05, 4.69) is 9.71 Å². The Kier molecular flexibility index (Phi) is 4.40. The van der Waals surface area contributed by atoms with Crippen LogP contribution in [0.1, 0.15) is 29.9 Å². The lowest BCUT2D eigenvalue weighted by atomic mass is 9.76. The third-order valence-corrected chi connectivity index (χ3v) is 6.10. The molecule has 1 saturated carbocycles. The van der Waals surface area contributed by atoms with Gasteiger partial charge in [0.25, 0.3) is 0 Å². The first-order valence-corrected chi connectivity index (χ1v) is 9.11. The Morgan fingerprint density at radius 2 is 2.04 bits per heavy atom. The monoisotopic (exact) mass is 354 g/mol. The van der Waals surface area contributed by atoms with E-state index in [1.165, 1.54) is 12.3 Å². The molecular weight excluding hydrogens is 339 g/mol. The van der Waals surface area contributed by atoms with E-state index in [1.807, 2.05) is 0 Å². The summed E-state index contributed by atoms with van der Waals surface area (Å²) in [4.78, 5) is 4.08. The molecule has 0 amide bonds. The first-order valence-electron chi connectivity index (χ1n) is 7.25. The highest BCUT2D eigenvalue weighted by Gasteiger charge is 2.34. The Hall–Kier alpha value is -1.50. The lowest BCUT2D eigenvalue weighted by Gasteiger charge is -2.36. The highest BCUT2D eigenvalue weighted by Crippen LogP contribution is 2.38. The summed E-state index contributed by atoms with van der Waals surface area (Å²) in [6.45, 7) is 1.74. The minimum Gasteiger partial charge on any atom is -0.263 e. The molecule has 1 heterocycles. The molecular formula is C16H16ClFN2O2S. The number of sulfonamides is 1. The maximum Gasteiger partial charge on any atom is 0.242 e. The normalized spacial score (nSPS) is 21.0. The second kappa shape index (κ2) is 6.19. The minimum absolute atomic E-state index is 0.0949. The van der Waals surface area contributed by atoms with Gasteiger partial charge in [-0.05, 0) is 55.0 Å². The number of rotatable bonds is 4. The molecule has 4 nitrogen and oxygen atoms in total. The van der Waals surface area contributed by atoms with Gasteiger partial charge in [-0.25, -0.2) is 17.5 Å². The highest BCUT2D eigenvalue weighted by molar-refractivity contribution is 7.89. The van der Waals surface area contributed by atoms with Gasteiger partial charge in [0.1, 0.15) is 10.7 Å². The zero-order chi connectivity index (χ0) is 16.6. The van der Waals surface area contributed by atoms with Crippen molar-refractivity contribution in [3.8, 4) is 0 Å². The smallest absolute Gasteiger partial charge is 0.242 e. The standard InChI is InChI=1S/C16H16ClFN2O2S/c1-10-4-5-19-9-16(10)23(21,22)20-13-6-12(7-13)11-2-3-15(18)14(17)8-11/h2-5,8-9,12-13,20H,6-7H2,1H3. The van der Waals surface area contributed by atoms with E-state index in [0.29, 0.717) is 18.4 Å². The first kappa shape index (κ1) is 16.4. The van der Waals surface area contributed by atoms with Crippen molar-refractivity contribution in [2.45, 2.75) is 36.6 Å². The summed E-state index contributed by atoms with van der Waals surface area (Å²) in [6, 6.07) is 6.18. The summed E-state index contributed by atoms with van der Waals surface area (Å²) in [5, 5.41) is 0.0949. The zero-order valence-electron chi connectivity index (χ0n) is 12.5. The van der Waals surface area contributed by atoms with Crippen LogP contribution < -0.4 is 4.72 Å². The van der Waals surface area contributed by atoms with E-state index >= 15 is 0 Å². The van der Waals surface area contributed by atoms with Crippen molar-refractivity contribution in [1.29, 1.82) is 0 Å². The Bertz CT molecular complexity index is 836. The minimum atomic E-state index is -3.57. The van der Waals surface area contributed by atoms with Gasteiger partial charge in [-0.2, -0.15) is 0 Å². The molecule has 2 aromatic rings. The average molecular weight is 355 g/mol. The summed E-state index contributed by atoms with van der Waals surface area (Å²) < 4.78 is 40.6. The predicted octanol–water partition coefficient (Wildman–Crippen LogP) is 3.41. The molecule has 1 aromatic carbocycles. The largest absolute Gasteiger partial charge is 0.263 e. The fourth-order valence-corrected chi connectivity index (χ4v) is 4.41. The van der Waals surface area contributed by atoms with Crippen LogP contribution in [0.5, 0.6) is 0 Å². The molecule has 7 heteroatoms. The topological polar surface area (TPSA) is 59.1 Å². The van der Waals surface area contributed by atoms with E-state index in [9.17, 15) is 12.8 Å². The van der Waals surface area contributed by atoms with Crippen molar-refractivity contribution >= 4 is 21.6 Å². The Labute approximate surface area is 139 Å². The van der Waals surface area contributed by atoms with Gasteiger partial charge in [-0.1, -0.05) is 17.7 Å². The van der Waals surface area contributed by atoms with Gasteiger partial charge < -0.3 is 0 Å². The average Bonchev–Trinajstić information content (AvgIpc) is 2.46. The summed E-state index contributed by atoms with van der Waals surface area (Å²) in [7, 11) is -3.57. The maximum absolute atomic E-state index is 13.2. The van der Waals surface area contributed by atoms with Crippen LogP contribution in [0.2, 0.25) is 5.02 Å². The van der Waals surface area contributed by atoms with Crippen molar-refractivity contribution in [2.24, 2.45) is 0 Å². The Morgan fingerprint density at radius 3 is 2.70 bits per heavy atom. The third-order valence-electron chi connectivity index (χ3n) is 4.16. The Balaban J connectivity index is 1.66. The number of hydrogen-bond donors (Lipinski definition) is 1. The van der Waals surface area contributed by atoms with Crippen LogP contribution in [0.15, 0.2) is 41.6 Å². The predicted molar refractivity (Wildman–Crippen MR) is 86.5 cm³/mol. The number of halogens is 2. The van der Waals surface area contributed by atoms with Crippen molar-refractivity contribution in [2.75, 3.05) is 0 Å². The van der Waals surface area contributed by atoms with E-state index in [4.69, 9.17) is 11.6 Å². The second-order valence-corrected chi connectivity index (χ2v) is 7.89. The van der Waals surface area contributed by atoms with Crippen LogP contribution >= 0.6 is 11.6 Å². The second-order valence-electron chi connectivity index (χ2n) is 5.80. The SMILES string of the molecule is Cc1ccncc1S(=O)(=O)NC1CC(c2ccc(F)c(Cl)c2)C1. The van der Waals surface area contributed by atoms with Gasteiger partial charge in [-0.3, -0.25) is 4.98 Å². The lowest BCUT2D eigenvalue weighted by Crippen LogP contribution is -2.43. The molecule has 0 aliphatic heterocycles. The van der Waals surface area contributed by atoms with Crippen molar-refractivity contribution < 1.29 is 12.8 Å². The summed E-state index contributed by atoms with van der Waals surface area (Å²) >= 11 is 5.79. The van der Waals surface area contributed by atoms with Crippen molar-refractivity contribution in [3.63, 3.8) is 0 Å². The number of aromatic nitrogens is 1. The number of hydrogen-bond acceptors (Lipinski definition) is 3. The number of benzene rings is 1. The van der Waals surface area contributed by atoms with Crippen LogP contribution in [0.4, 0.5) is 4.39 Å². The van der Waals surface area contributed by atoms with Gasteiger partial charge in [0, 0.05) is 18.4 Å². The quantitative estimate of drug-likeness (QED) is 0.915. The molecule has 1 aromatic heterocycles. The van der Waals surface area contributed by atoms with Crippen LogP contribution in [0.25, 0.3) is 0 Å². The highest BCUT2D eigenvalue weighted by atomic mass is 35.5. The van der Waals surface area contributed by atoms with Crippen LogP contribution in [0, 0.1) is 12.7 Å². The van der Waals surface area contributed by atoms with E-state index in [0.717, 1.165) is 5.56 Å². The fourth-order valence-electron chi connectivity index (χ4n) is 2.77. The molecule has 0 saturated heterocycles. The molecule has 1 fully saturated rings. The van der Waals surface area contributed by atoms with Crippen LogP contribution in [-0.4, -0.2) is 19.4 Å². The Morgan fingerprint density at radius 1 is 1.30 bits per heavy atom. The number of aryl methyl sites for hydroxylation is 1.